The first kappa shape index (κ1) is 15.4. The van der Waals surface area contributed by atoms with Crippen LogP contribution in [-0.4, -0.2) is 22.7 Å². The van der Waals surface area contributed by atoms with Crippen LogP contribution in [0.5, 0.6) is 0 Å². The summed E-state index contributed by atoms with van der Waals surface area (Å²) in [7, 11) is 1.98. The van der Waals surface area contributed by atoms with Crippen molar-refractivity contribution < 1.29 is 0 Å². The number of nitrogens with one attached hydrogen (secondary N) is 1. The fourth-order valence-electron chi connectivity index (χ4n) is 2.25. The quantitative estimate of drug-likeness (QED) is 0.659. The van der Waals surface area contributed by atoms with Gasteiger partial charge in [-0.3, -0.25) is 10.1 Å². The molecule has 0 atom stereocenters. The molecule has 1 heterocycles. The predicted molar refractivity (Wildman–Crippen MR) is 87.2 cm³/mol. The average molecular weight is 306 g/mol. The SMILES string of the molecule is CCn1nc(C)c(Cl)c1CN(C)c1cccc(C(=N)N)c1. The molecule has 0 saturated carbocycles. The number of aromatic nitrogens is 2. The summed E-state index contributed by atoms with van der Waals surface area (Å²) in [5.41, 5.74) is 9.08. The molecule has 21 heavy (non-hydrogen) atoms. The van der Waals surface area contributed by atoms with Crippen LogP contribution in [0.3, 0.4) is 0 Å². The Morgan fingerprint density at radius 3 is 2.81 bits per heavy atom. The molecule has 6 heteroatoms. The number of benzene rings is 1. The zero-order valence-electron chi connectivity index (χ0n) is 12.5. The summed E-state index contributed by atoms with van der Waals surface area (Å²) in [5, 5.41) is 12.7. The molecule has 0 aliphatic carbocycles. The minimum Gasteiger partial charge on any atom is -0.384 e. The van der Waals surface area contributed by atoms with Crippen LogP contribution in [0, 0.1) is 12.3 Å². The van der Waals surface area contributed by atoms with Crippen molar-refractivity contribution in [2.24, 2.45) is 5.73 Å². The third kappa shape index (κ3) is 3.19. The number of hydrogen-bond donors (Lipinski definition) is 2. The lowest BCUT2D eigenvalue weighted by Crippen LogP contribution is -2.20. The maximum Gasteiger partial charge on any atom is 0.122 e. The van der Waals surface area contributed by atoms with Crippen molar-refractivity contribution in [1.82, 2.24) is 9.78 Å². The topological polar surface area (TPSA) is 70.9 Å². The van der Waals surface area contributed by atoms with Gasteiger partial charge in [-0.2, -0.15) is 5.10 Å². The summed E-state index contributed by atoms with van der Waals surface area (Å²) in [6, 6.07) is 7.61. The summed E-state index contributed by atoms with van der Waals surface area (Å²) in [6.07, 6.45) is 0. The number of amidine groups is 1. The van der Waals surface area contributed by atoms with Gasteiger partial charge in [0.25, 0.3) is 0 Å². The number of halogens is 1. The maximum absolute atomic E-state index is 7.52. The number of nitrogen functional groups attached to an aromatic ring is 1. The van der Waals surface area contributed by atoms with E-state index < -0.39 is 0 Å². The molecule has 112 valence electrons. The highest BCUT2D eigenvalue weighted by atomic mass is 35.5. The molecule has 5 nitrogen and oxygen atoms in total. The normalized spacial score (nSPS) is 10.7. The summed E-state index contributed by atoms with van der Waals surface area (Å²) < 4.78 is 1.92. The molecular weight excluding hydrogens is 286 g/mol. The van der Waals surface area contributed by atoms with Crippen LogP contribution in [0.4, 0.5) is 5.69 Å². The number of nitrogens with two attached hydrogens (primary N) is 1. The highest BCUT2D eigenvalue weighted by Gasteiger charge is 2.15. The molecule has 3 N–H and O–H groups in total. The van der Waals surface area contributed by atoms with Gasteiger partial charge in [-0.1, -0.05) is 23.7 Å². The van der Waals surface area contributed by atoms with E-state index in [1.165, 1.54) is 0 Å². The summed E-state index contributed by atoms with van der Waals surface area (Å²) in [6.45, 7) is 5.39. The van der Waals surface area contributed by atoms with Gasteiger partial charge in [0.15, 0.2) is 0 Å². The lowest BCUT2D eigenvalue weighted by Gasteiger charge is -2.20. The Morgan fingerprint density at radius 2 is 2.19 bits per heavy atom. The van der Waals surface area contributed by atoms with Crippen molar-refractivity contribution in [2.75, 3.05) is 11.9 Å². The standard InChI is InChI=1S/C15H20ClN5/c1-4-21-13(14(16)10(2)19-21)9-20(3)12-7-5-6-11(8-12)15(17)18/h5-8H,4,9H2,1-3H3,(H3,17,18). The molecule has 2 rings (SSSR count). The Balaban J connectivity index is 2.28. The van der Waals surface area contributed by atoms with E-state index in [4.69, 9.17) is 22.7 Å². The molecule has 0 aliphatic rings. The third-order valence-corrected chi connectivity index (χ3v) is 3.93. The van der Waals surface area contributed by atoms with E-state index in [1.54, 1.807) is 0 Å². The van der Waals surface area contributed by atoms with Crippen molar-refractivity contribution in [3.05, 3.63) is 46.2 Å². The Labute approximate surface area is 129 Å². The Hall–Kier alpha value is -2.01. The van der Waals surface area contributed by atoms with E-state index in [-0.39, 0.29) is 5.84 Å². The smallest absolute Gasteiger partial charge is 0.122 e. The molecule has 0 bridgehead atoms. The van der Waals surface area contributed by atoms with E-state index in [0.717, 1.165) is 23.6 Å². The molecule has 2 aromatic rings. The van der Waals surface area contributed by atoms with Gasteiger partial charge in [0.2, 0.25) is 0 Å². The van der Waals surface area contributed by atoms with Crippen LogP contribution >= 0.6 is 11.6 Å². The number of rotatable bonds is 5. The molecule has 0 amide bonds. The molecular formula is C15H20ClN5. The number of nitrogens with zero attached hydrogens (tertiary/aromatic N) is 3. The number of hydrogen-bond acceptors (Lipinski definition) is 3. The van der Waals surface area contributed by atoms with Crippen molar-refractivity contribution in [3.8, 4) is 0 Å². The molecule has 0 aliphatic heterocycles. The highest BCUT2D eigenvalue weighted by Crippen LogP contribution is 2.24. The van der Waals surface area contributed by atoms with E-state index >= 15 is 0 Å². The summed E-state index contributed by atoms with van der Waals surface area (Å²) in [5.74, 6) is 0.0673. The van der Waals surface area contributed by atoms with E-state index in [0.29, 0.717) is 17.1 Å². The zero-order chi connectivity index (χ0) is 15.6. The second kappa shape index (κ2) is 6.18. The number of aryl methyl sites for hydroxylation is 2. The molecule has 0 saturated heterocycles. The first-order valence-electron chi connectivity index (χ1n) is 6.81. The van der Waals surface area contributed by atoms with Crippen molar-refractivity contribution in [2.45, 2.75) is 26.9 Å². The lowest BCUT2D eigenvalue weighted by molar-refractivity contribution is 0.613. The van der Waals surface area contributed by atoms with Gasteiger partial charge in [0.05, 0.1) is 23.0 Å². The van der Waals surface area contributed by atoms with E-state index in [9.17, 15) is 0 Å². The zero-order valence-corrected chi connectivity index (χ0v) is 13.3. The van der Waals surface area contributed by atoms with Gasteiger partial charge in [-0.25, -0.2) is 0 Å². The predicted octanol–water partition coefficient (Wildman–Crippen LogP) is 2.79. The molecule has 1 aromatic carbocycles. The first-order valence-corrected chi connectivity index (χ1v) is 7.19. The molecule has 0 unspecified atom stereocenters. The second-order valence-electron chi connectivity index (χ2n) is 4.98. The van der Waals surface area contributed by atoms with Crippen LogP contribution < -0.4 is 10.6 Å². The fraction of sp³-hybridized carbons (Fsp3) is 0.333. The largest absolute Gasteiger partial charge is 0.384 e. The van der Waals surface area contributed by atoms with Gasteiger partial charge >= 0.3 is 0 Å². The van der Waals surface area contributed by atoms with E-state index in [1.807, 2.05) is 49.8 Å². The Morgan fingerprint density at radius 1 is 1.48 bits per heavy atom. The third-order valence-electron chi connectivity index (χ3n) is 3.44. The first-order chi connectivity index (χ1) is 9.93. The van der Waals surface area contributed by atoms with Crippen molar-refractivity contribution >= 4 is 23.1 Å². The molecule has 0 radical (unpaired) electrons. The van der Waals surface area contributed by atoms with Gasteiger partial charge < -0.3 is 10.6 Å². The van der Waals surface area contributed by atoms with Gasteiger partial charge in [0.1, 0.15) is 5.84 Å². The van der Waals surface area contributed by atoms with Crippen LogP contribution in [0.2, 0.25) is 5.02 Å². The Kier molecular flexibility index (Phi) is 4.53. The van der Waals surface area contributed by atoms with Crippen LogP contribution in [-0.2, 0) is 13.1 Å². The van der Waals surface area contributed by atoms with Crippen LogP contribution in [0.15, 0.2) is 24.3 Å². The maximum atomic E-state index is 7.52. The summed E-state index contributed by atoms with van der Waals surface area (Å²) in [4.78, 5) is 2.07. The molecule has 0 spiro atoms. The van der Waals surface area contributed by atoms with E-state index in [2.05, 4.69) is 10.00 Å². The lowest BCUT2D eigenvalue weighted by atomic mass is 10.1. The number of anilines is 1. The van der Waals surface area contributed by atoms with Gasteiger partial charge in [-0.15, -0.1) is 0 Å². The van der Waals surface area contributed by atoms with Crippen LogP contribution in [0.1, 0.15) is 23.9 Å². The van der Waals surface area contributed by atoms with Crippen molar-refractivity contribution in [3.63, 3.8) is 0 Å². The highest BCUT2D eigenvalue weighted by molar-refractivity contribution is 6.31. The molecule has 1 aromatic heterocycles. The molecule has 0 fully saturated rings. The average Bonchev–Trinajstić information content (AvgIpc) is 2.75. The minimum absolute atomic E-state index is 0.0673. The minimum atomic E-state index is 0.0673. The monoisotopic (exact) mass is 305 g/mol. The van der Waals surface area contributed by atoms with Gasteiger partial charge in [0, 0.05) is 24.8 Å². The summed E-state index contributed by atoms with van der Waals surface area (Å²) >= 11 is 6.34. The van der Waals surface area contributed by atoms with Crippen molar-refractivity contribution in [1.29, 1.82) is 5.41 Å². The second-order valence-corrected chi connectivity index (χ2v) is 5.36. The van der Waals surface area contributed by atoms with Gasteiger partial charge in [-0.05, 0) is 26.0 Å². The fourth-order valence-corrected chi connectivity index (χ4v) is 2.44. The Bertz CT molecular complexity index is 662. The van der Waals surface area contributed by atoms with Crippen LogP contribution in [0.25, 0.3) is 0 Å².